The van der Waals surface area contributed by atoms with Gasteiger partial charge in [-0.3, -0.25) is 9.69 Å². The lowest BCUT2D eigenvalue weighted by molar-refractivity contribution is -0.133. The Bertz CT molecular complexity index is 705. The number of carbonyl (C=O) groups is 1. The van der Waals surface area contributed by atoms with Gasteiger partial charge in [0.2, 0.25) is 5.91 Å². The second-order valence-electron chi connectivity index (χ2n) is 8.98. The van der Waals surface area contributed by atoms with Gasteiger partial charge in [-0.05, 0) is 57.8 Å². The molecule has 2 saturated carbocycles. The number of aryl methyl sites for hydroxylation is 1. The molecule has 3 unspecified atom stereocenters. The summed E-state index contributed by atoms with van der Waals surface area (Å²) in [7, 11) is 0. The molecule has 4 fully saturated rings. The lowest BCUT2D eigenvalue weighted by Gasteiger charge is -2.36. The van der Waals surface area contributed by atoms with Crippen LogP contribution in [0.3, 0.4) is 0 Å². The zero-order valence-corrected chi connectivity index (χ0v) is 16.7. The minimum absolute atomic E-state index is 0.305. The summed E-state index contributed by atoms with van der Waals surface area (Å²) in [5.74, 6) is 3.35. The van der Waals surface area contributed by atoms with Crippen molar-refractivity contribution < 1.29 is 9.32 Å². The van der Waals surface area contributed by atoms with Gasteiger partial charge in [-0.25, -0.2) is 0 Å². The molecule has 7 nitrogen and oxygen atoms in total. The Labute approximate surface area is 161 Å². The van der Waals surface area contributed by atoms with Gasteiger partial charge in [0.15, 0.2) is 5.82 Å². The molecule has 7 heteroatoms. The van der Waals surface area contributed by atoms with Crippen LogP contribution in [0.25, 0.3) is 0 Å². The number of amides is 1. The van der Waals surface area contributed by atoms with Crippen molar-refractivity contribution in [2.24, 2.45) is 23.7 Å². The van der Waals surface area contributed by atoms with Crippen LogP contribution in [0.15, 0.2) is 4.52 Å². The molecule has 2 aliphatic carbocycles. The summed E-state index contributed by atoms with van der Waals surface area (Å²) in [5, 5.41) is 3.97. The van der Waals surface area contributed by atoms with Crippen LogP contribution in [0.4, 0.5) is 6.01 Å². The molecule has 0 spiro atoms. The van der Waals surface area contributed by atoms with Crippen molar-refractivity contribution in [2.75, 3.05) is 37.6 Å². The zero-order chi connectivity index (χ0) is 18.7. The molecular weight excluding hydrogens is 342 g/mol. The first-order chi connectivity index (χ1) is 13.1. The molecule has 0 radical (unpaired) electrons. The van der Waals surface area contributed by atoms with Crippen molar-refractivity contribution in [3.8, 4) is 0 Å². The molecule has 6 atom stereocenters. The maximum atomic E-state index is 12.7. The Hall–Kier alpha value is -1.63. The maximum Gasteiger partial charge on any atom is 0.324 e. The van der Waals surface area contributed by atoms with E-state index in [1.807, 2.05) is 11.8 Å². The van der Waals surface area contributed by atoms with Crippen LogP contribution in [-0.4, -0.2) is 70.7 Å². The first-order valence-electron chi connectivity index (χ1n) is 10.7. The van der Waals surface area contributed by atoms with Crippen LogP contribution in [0.2, 0.25) is 0 Å². The van der Waals surface area contributed by atoms with Gasteiger partial charge in [0, 0.05) is 50.7 Å². The predicted molar refractivity (Wildman–Crippen MR) is 101 cm³/mol. The second-order valence-corrected chi connectivity index (χ2v) is 8.98. The lowest BCUT2D eigenvalue weighted by atomic mass is 9.85. The molecule has 2 saturated heterocycles. The molecule has 1 amide bonds. The largest absolute Gasteiger partial charge is 0.343 e. The van der Waals surface area contributed by atoms with E-state index in [2.05, 4.69) is 33.8 Å². The minimum atomic E-state index is 0.305. The van der Waals surface area contributed by atoms with Gasteiger partial charge in [0.05, 0.1) is 0 Å². The fourth-order valence-corrected chi connectivity index (χ4v) is 6.11. The molecule has 2 bridgehead atoms. The highest BCUT2D eigenvalue weighted by Crippen LogP contribution is 2.54. The van der Waals surface area contributed by atoms with Crippen molar-refractivity contribution in [1.82, 2.24) is 19.9 Å². The predicted octanol–water partition coefficient (Wildman–Crippen LogP) is 1.78. The summed E-state index contributed by atoms with van der Waals surface area (Å²) in [6.07, 6.45) is 3.71. The van der Waals surface area contributed by atoms with Crippen LogP contribution in [0.5, 0.6) is 0 Å². The molecule has 148 valence electrons. The fraction of sp³-hybridized carbons (Fsp3) is 0.850. The van der Waals surface area contributed by atoms with Crippen molar-refractivity contribution in [2.45, 2.75) is 52.1 Å². The maximum absolute atomic E-state index is 12.7. The Morgan fingerprint density at radius 3 is 2.44 bits per heavy atom. The first-order valence-corrected chi connectivity index (χ1v) is 10.7. The molecule has 4 aliphatic rings. The van der Waals surface area contributed by atoms with Gasteiger partial charge >= 0.3 is 6.01 Å². The highest BCUT2D eigenvalue weighted by atomic mass is 16.5. The number of hydrogen-bond acceptors (Lipinski definition) is 6. The van der Waals surface area contributed by atoms with E-state index in [0.717, 1.165) is 38.6 Å². The molecule has 0 N–H and O–H groups in total. The van der Waals surface area contributed by atoms with Gasteiger partial charge in [-0.2, -0.15) is 4.98 Å². The number of piperidine rings is 1. The minimum Gasteiger partial charge on any atom is -0.343 e. The molecule has 5 rings (SSSR count). The molecule has 27 heavy (non-hydrogen) atoms. The molecule has 1 aromatic rings. The fourth-order valence-electron chi connectivity index (χ4n) is 6.11. The summed E-state index contributed by atoms with van der Waals surface area (Å²) in [6.45, 7) is 11.0. The van der Waals surface area contributed by atoms with Crippen LogP contribution in [-0.2, 0) is 4.79 Å². The third-order valence-corrected chi connectivity index (χ3v) is 7.51. The van der Waals surface area contributed by atoms with Gasteiger partial charge in [0.1, 0.15) is 0 Å². The van der Waals surface area contributed by atoms with Crippen molar-refractivity contribution in [3.05, 3.63) is 5.82 Å². The summed E-state index contributed by atoms with van der Waals surface area (Å²) in [5.41, 5.74) is 0. The number of carbonyl (C=O) groups excluding carboxylic acids is 1. The molecule has 1 aromatic heterocycles. The molecule has 2 aliphatic heterocycles. The van der Waals surface area contributed by atoms with Crippen molar-refractivity contribution in [1.29, 1.82) is 0 Å². The lowest BCUT2D eigenvalue weighted by Crippen LogP contribution is -2.43. The number of likely N-dealkylation sites (tertiary alicyclic amines) is 1. The van der Waals surface area contributed by atoms with E-state index in [1.54, 1.807) is 0 Å². The quantitative estimate of drug-likeness (QED) is 0.784. The van der Waals surface area contributed by atoms with Crippen molar-refractivity contribution >= 4 is 11.9 Å². The Kier molecular flexibility index (Phi) is 4.18. The summed E-state index contributed by atoms with van der Waals surface area (Å²) in [6, 6.07) is 1.88. The number of hydrogen-bond donors (Lipinski definition) is 0. The van der Waals surface area contributed by atoms with E-state index in [1.165, 1.54) is 19.3 Å². The number of nitrogens with zero attached hydrogens (tertiary/aromatic N) is 5. The highest BCUT2D eigenvalue weighted by molar-refractivity contribution is 5.82. The SMILES string of the molecule is CCN(CC)C(=O)[C@@H]1[C@@H]2CN(C3CC4CC(C3)N(c3nc(C)no3)C4)C[C@@H]21. The average Bonchev–Trinajstić information content (AvgIpc) is 3.01. The van der Waals surface area contributed by atoms with Gasteiger partial charge < -0.3 is 14.3 Å². The Balaban J connectivity index is 1.19. The van der Waals surface area contributed by atoms with Crippen LogP contribution >= 0.6 is 0 Å². The van der Waals surface area contributed by atoms with E-state index < -0.39 is 0 Å². The Morgan fingerprint density at radius 1 is 1.11 bits per heavy atom. The molecular formula is C20H31N5O2. The van der Waals surface area contributed by atoms with E-state index >= 15 is 0 Å². The normalized spacial score (nSPS) is 37.5. The Morgan fingerprint density at radius 2 is 1.81 bits per heavy atom. The third kappa shape index (κ3) is 2.85. The number of rotatable bonds is 5. The number of fused-ring (bicyclic) bond motifs is 3. The monoisotopic (exact) mass is 373 g/mol. The summed E-state index contributed by atoms with van der Waals surface area (Å²) in [4.78, 5) is 24.1. The van der Waals surface area contributed by atoms with E-state index in [0.29, 0.717) is 47.6 Å². The second kappa shape index (κ2) is 6.47. The zero-order valence-electron chi connectivity index (χ0n) is 16.7. The smallest absolute Gasteiger partial charge is 0.324 e. The summed E-state index contributed by atoms with van der Waals surface area (Å²) < 4.78 is 5.43. The highest BCUT2D eigenvalue weighted by Gasteiger charge is 2.61. The van der Waals surface area contributed by atoms with Crippen LogP contribution in [0.1, 0.15) is 38.9 Å². The topological polar surface area (TPSA) is 65.7 Å². The standard InChI is InChI=1S/C20H31N5O2/c1-4-23(5-2)19(26)18-16-10-24(11-17(16)18)14-6-13-7-15(8-14)25(9-13)20-21-12(3)22-27-20/h13-18H,4-11H2,1-3H3/t13?,14?,15?,16-,17+,18-. The van der Waals surface area contributed by atoms with E-state index in [4.69, 9.17) is 4.52 Å². The number of anilines is 1. The average molecular weight is 374 g/mol. The van der Waals surface area contributed by atoms with Crippen molar-refractivity contribution in [3.63, 3.8) is 0 Å². The van der Waals surface area contributed by atoms with Gasteiger partial charge in [-0.1, -0.05) is 5.16 Å². The van der Waals surface area contributed by atoms with Gasteiger partial charge in [0.25, 0.3) is 0 Å². The first kappa shape index (κ1) is 17.5. The third-order valence-electron chi connectivity index (χ3n) is 7.51. The summed E-state index contributed by atoms with van der Waals surface area (Å²) >= 11 is 0. The molecule has 3 heterocycles. The van der Waals surface area contributed by atoms with Gasteiger partial charge in [-0.15, -0.1) is 0 Å². The molecule has 0 aromatic carbocycles. The van der Waals surface area contributed by atoms with E-state index in [-0.39, 0.29) is 0 Å². The van der Waals surface area contributed by atoms with Crippen LogP contribution < -0.4 is 4.90 Å². The number of aromatic nitrogens is 2. The van der Waals surface area contributed by atoms with E-state index in [9.17, 15) is 4.79 Å². The van der Waals surface area contributed by atoms with Crippen LogP contribution in [0, 0.1) is 30.6 Å².